The van der Waals surface area contributed by atoms with Crippen LogP contribution < -0.4 is 0 Å². The third-order valence-electron chi connectivity index (χ3n) is 8.30. The lowest BCUT2D eigenvalue weighted by Crippen LogP contribution is -2.64. The molecule has 0 aromatic carbocycles. The standard InChI is InChI=1S/C42H65O13P/c1-3-5-7-9-11-13-15-17-19-20-22-24-26-28-30-35(43)52-32-34(33-53-56(50,51)55-42-40(48)38(46)37(45)39(47)41(42)49)54-36(44)31-29-27-25-23-21-18-16-14-12-10-8-6-4-2/h5-8,10-14,16-19,21,23,25,34,37-42,45-49H,3-4,9,15,20,22,24,26-33H2,1-2H3,(H,50,51)/b7-5+,8-6+,12-10+,13-11+,16-14+,19-17+,21-18+,25-23+/t34?,37?,38-,39?,40?,41?,42?/m0/s1. The number of carbonyl (C=O) groups is 2. The summed E-state index contributed by atoms with van der Waals surface area (Å²) in [7, 11) is -5.14. The van der Waals surface area contributed by atoms with Gasteiger partial charge in [-0.25, -0.2) is 4.57 Å². The molecule has 1 rings (SSSR count). The number of carbonyl (C=O) groups excluding carboxylic acids is 2. The van der Waals surface area contributed by atoms with Crippen LogP contribution in [0.25, 0.3) is 0 Å². The summed E-state index contributed by atoms with van der Waals surface area (Å²) in [6.45, 7) is 2.91. The van der Waals surface area contributed by atoms with Crippen molar-refractivity contribution in [3.8, 4) is 0 Å². The third kappa shape index (κ3) is 24.4. The van der Waals surface area contributed by atoms with Crippen LogP contribution in [0, 0.1) is 0 Å². The minimum Gasteiger partial charge on any atom is -0.462 e. The van der Waals surface area contributed by atoms with Crippen molar-refractivity contribution in [2.75, 3.05) is 13.2 Å². The Kier molecular flexibility index (Phi) is 28.8. The lowest BCUT2D eigenvalue weighted by Gasteiger charge is -2.41. The van der Waals surface area contributed by atoms with Gasteiger partial charge < -0.3 is 39.9 Å². The number of allylic oxidation sites excluding steroid dienone is 16. The molecule has 0 amide bonds. The van der Waals surface area contributed by atoms with Crippen molar-refractivity contribution in [2.24, 2.45) is 0 Å². The summed E-state index contributed by atoms with van der Waals surface area (Å²) >= 11 is 0. The quantitative estimate of drug-likeness (QED) is 0.0161. The van der Waals surface area contributed by atoms with E-state index in [2.05, 4.69) is 56.4 Å². The fraction of sp³-hybridized carbons (Fsp3) is 0.571. The van der Waals surface area contributed by atoms with E-state index in [1.54, 1.807) is 0 Å². The predicted octanol–water partition coefficient (Wildman–Crippen LogP) is 6.32. The Labute approximate surface area is 332 Å². The molecule has 0 heterocycles. The third-order valence-corrected chi connectivity index (χ3v) is 9.28. The molecule has 0 radical (unpaired) electrons. The van der Waals surface area contributed by atoms with Crippen LogP contribution >= 0.6 is 7.82 Å². The first kappa shape index (κ1) is 50.8. The number of ether oxygens (including phenoxy) is 2. The lowest BCUT2D eigenvalue weighted by atomic mass is 9.85. The predicted molar refractivity (Wildman–Crippen MR) is 216 cm³/mol. The number of phosphoric ester groups is 1. The van der Waals surface area contributed by atoms with Gasteiger partial charge in [-0.15, -0.1) is 0 Å². The zero-order valence-electron chi connectivity index (χ0n) is 32.9. The van der Waals surface area contributed by atoms with Crippen molar-refractivity contribution in [3.05, 3.63) is 97.2 Å². The summed E-state index contributed by atoms with van der Waals surface area (Å²) in [4.78, 5) is 35.5. The van der Waals surface area contributed by atoms with Crippen LogP contribution in [-0.4, -0.2) is 98.3 Å². The van der Waals surface area contributed by atoms with Gasteiger partial charge in [0.2, 0.25) is 0 Å². The number of aliphatic hydroxyl groups excluding tert-OH is 5. The second-order valence-electron chi connectivity index (χ2n) is 13.1. The molecule has 1 aliphatic rings. The molecule has 6 N–H and O–H groups in total. The molecule has 1 aliphatic carbocycles. The van der Waals surface area contributed by atoms with Gasteiger partial charge in [-0.2, -0.15) is 0 Å². The average Bonchev–Trinajstić information content (AvgIpc) is 3.18. The Morgan fingerprint density at radius 2 is 1.07 bits per heavy atom. The van der Waals surface area contributed by atoms with Gasteiger partial charge in [-0.1, -0.05) is 124 Å². The van der Waals surface area contributed by atoms with Crippen molar-refractivity contribution in [3.63, 3.8) is 0 Å². The highest BCUT2D eigenvalue weighted by Gasteiger charge is 2.51. The van der Waals surface area contributed by atoms with E-state index in [-0.39, 0.29) is 12.8 Å². The molecule has 13 nitrogen and oxygen atoms in total. The van der Waals surface area contributed by atoms with Gasteiger partial charge in [-0.05, 0) is 57.8 Å². The first-order valence-electron chi connectivity index (χ1n) is 19.6. The fourth-order valence-electron chi connectivity index (χ4n) is 5.15. The SMILES string of the molecule is CC/C=C/C=C/C=C/C=C/C=C/CCCC(=O)OC(COC(=O)CCCCCC/C=C/C/C=C/C/C=C/CC)COP(=O)(O)OC1C(O)C(O)C(O)[C@H](O)C1O. The van der Waals surface area contributed by atoms with Gasteiger partial charge in [-0.3, -0.25) is 18.6 Å². The number of rotatable bonds is 29. The second-order valence-corrected chi connectivity index (χ2v) is 14.5. The van der Waals surface area contributed by atoms with Crippen LogP contribution in [-0.2, 0) is 32.7 Å². The molecule has 1 saturated carbocycles. The Morgan fingerprint density at radius 1 is 0.571 bits per heavy atom. The maximum atomic E-state index is 12.7. The molecule has 0 bridgehead atoms. The topological polar surface area (TPSA) is 210 Å². The van der Waals surface area contributed by atoms with Crippen molar-refractivity contribution in [1.29, 1.82) is 0 Å². The molecule has 0 spiro atoms. The van der Waals surface area contributed by atoms with E-state index in [1.807, 2.05) is 54.7 Å². The van der Waals surface area contributed by atoms with E-state index in [1.165, 1.54) is 0 Å². The minimum absolute atomic E-state index is 0.0111. The summed E-state index contributed by atoms with van der Waals surface area (Å²) < 4.78 is 33.2. The van der Waals surface area contributed by atoms with E-state index in [0.29, 0.717) is 19.3 Å². The molecular formula is C42H65O13P. The largest absolute Gasteiger partial charge is 0.472 e. The van der Waals surface area contributed by atoms with Crippen molar-refractivity contribution in [1.82, 2.24) is 0 Å². The van der Waals surface area contributed by atoms with Gasteiger partial charge in [0.1, 0.15) is 43.2 Å². The van der Waals surface area contributed by atoms with Crippen molar-refractivity contribution in [2.45, 2.75) is 140 Å². The van der Waals surface area contributed by atoms with Gasteiger partial charge in [0, 0.05) is 12.8 Å². The summed E-state index contributed by atoms with van der Waals surface area (Å²) in [6, 6.07) is 0. The maximum Gasteiger partial charge on any atom is 0.472 e. The normalized spacial score (nSPS) is 23.9. The Hall–Kier alpha value is -3.23. The summed E-state index contributed by atoms with van der Waals surface area (Å²) in [5.74, 6) is -1.23. The van der Waals surface area contributed by atoms with E-state index in [9.17, 15) is 44.6 Å². The number of aliphatic hydroxyl groups is 5. The van der Waals surface area contributed by atoms with Gasteiger partial charge >= 0.3 is 19.8 Å². The monoisotopic (exact) mass is 808 g/mol. The Balaban J connectivity index is 2.62. The highest BCUT2D eigenvalue weighted by molar-refractivity contribution is 7.47. The first-order chi connectivity index (χ1) is 26.9. The van der Waals surface area contributed by atoms with Crippen LogP contribution in [0.5, 0.6) is 0 Å². The molecule has 7 unspecified atom stereocenters. The molecule has 0 saturated heterocycles. The Morgan fingerprint density at radius 3 is 1.70 bits per heavy atom. The summed E-state index contributed by atoms with van der Waals surface area (Å²) in [5, 5.41) is 49.9. The van der Waals surface area contributed by atoms with E-state index in [0.717, 1.165) is 51.4 Å². The zero-order chi connectivity index (χ0) is 41.4. The van der Waals surface area contributed by atoms with Crippen LogP contribution in [0.3, 0.4) is 0 Å². The van der Waals surface area contributed by atoms with E-state index >= 15 is 0 Å². The molecule has 316 valence electrons. The Bertz CT molecular complexity index is 1350. The molecule has 1 fully saturated rings. The molecule has 0 aromatic heterocycles. The maximum absolute atomic E-state index is 12.7. The highest BCUT2D eigenvalue weighted by atomic mass is 31.2. The summed E-state index contributed by atoms with van der Waals surface area (Å²) in [6.07, 6.45) is 27.8. The highest BCUT2D eigenvalue weighted by Crippen LogP contribution is 2.47. The molecule has 14 heteroatoms. The molecular weight excluding hydrogens is 743 g/mol. The molecule has 56 heavy (non-hydrogen) atoms. The van der Waals surface area contributed by atoms with Gasteiger partial charge in [0.05, 0.1) is 6.61 Å². The van der Waals surface area contributed by atoms with Crippen molar-refractivity contribution < 1.29 is 63.1 Å². The number of unbranched alkanes of at least 4 members (excludes halogenated alkanes) is 5. The minimum atomic E-state index is -5.14. The summed E-state index contributed by atoms with van der Waals surface area (Å²) in [5.41, 5.74) is 0. The van der Waals surface area contributed by atoms with Gasteiger partial charge in [0.25, 0.3) is 0 Å². The van der Waals surface area contributed by atoms with Gasteiger partial charge in [0.15, 0.2) is 6.10 Å². The lowest BCUT2D eigenvalue weighted by molar-refractivity contribution is -0.220. The van der Waals surface area contributed by atoms with Crippen LogP contribution in [0.15, 0.2) is 97.2 Å². The van der Waals surface area contributed by atoms with Crippen LogP contribution in [0.1, 0.15) is 97.3 Å². The van der Waals surface area contributed by atoms with Crippen LogP contribution in [0.2, 0.25) is 0 Å². The second kappa shape index (κ2) is 31.8. The fourth-order valence-corrected chi connectivity index (χ4v) is 6.12. The first-order valence-corrected chi connectivity index (χ1v) is 21.1. The number of phosphoric acid groups is 1. The van der Waals surface area contributed by atoms with Crippen LogP contribution in [0.4, 0.5) is 0 Å². The molecule has 0 aliphatic heterocycles. The van der Waals surface area contributed by atoms with Crippen molar-refractivity contribution >= 4 is 19.8 Å². The number of hydrogen-bond donors (Lipinski definition) is 6. The smallest absolute Gasteiger partial charge is 0.462 e. The zero-order valence-corrected chi connectivity index (χ0v) is 33.8. The molecule has 8 atom stereocenters. The number of esters is 2. The molecule has 0 aromatic rings. The van der Waals surface area contributed by atoms with E-state index in [4.69, 9.17) is 18.5 Å². The van der Waals surface area contributed by atoms with E-state index < -0.39 is 75.7 Å². The average molecular weight is 809 g/mol. The number of hydrogen-bond acceptors (Lipinski definition) is 12.